The molecular weight excluding hydrogens is 334 g/mol. The number of carboxylic acids is 1. The summed E-state index contributed by atoms with van der Waals surface area (Å²) in [5.74, 6) is -1.90. The number of hydrogen-bond acceptors (Lipinski definition) is 4. The lowest BCUT2D eigenvalue weighted by Crippen LogP contribution is -2.40. The van der Waals surface area contributed by atoms with Gasteiger partial charge in [-0.2, -0.15) is 0 Å². The highest BCUT2D eigenvalue weighted by Crippen LogP contribution is 2.13. The Hall–Kier alpha value is -3.22. The van der Waals surface area contributed by atoms with Gasteiger partial charge in [-0.3, -0.25) is 14.6 Å². The molecule has 0 bridgehead atoms. The SMILES string of the molecule is CCCCC(NC(=O)c1cccc(NC(=O)c2cccnc2)c1)C(=O)O. The van der Waals surface area contributed by atoms with Crippen molar-refractivity contribution in [3.63, 3.8) is 0 Å². The number of pyridine rings is 1. The molecule has 1 aromatic carbocycles. The summed E-state index contributed by atoms with van der Waals surface area (Å²) in [6, 6.07) is 8.68. The van der Waals surface area contributed by atoms with Gasteiger partial charge in [0.15, 0.2) is 0 Å². The zero-order chi connectivity index (χ0) is 18.9. The van der Waals surface area contributed by atoms with Crippen molar-refractivity contribution >= 4 is 23.5 Å². The summed E-state index contributed by atoms with van der Waals surface area (Å²) in [4.78, 5) is 39.6. The van der Waals surface area contributed by atoms with Gasteiger partial charge in [-0.25, -0.2) is 4.79 Å². The van der Waals surface area contributed by atoms with Crippen LogP contribution in [-0.4, -0.2) is 33.9 Å². The Balaban J connectivity index is 2.06. The van der Waals surface area contributed by atoms with Crippen LogP contribution in [0.4, 0.5) is 5.69 Å². The first-order valence-electron chi connectivity index (χ1n) is 8.36. The molecule has 7 nitrogen and oxygen atoms in total. The average molecular weight is 355 g/mol. The minimum absolute atomic E-state index is 0.275. The van der Waals surface area contributed by atoms with E-state index < -0.39 is 17.9 Å². The molecule has 0 aliphatic heterocycles. The maximum absolute atomic E-state index is 12.3. The van der Waals surface area contributed by atoms with E-state index in [2.05, 4.69) is 15.6 Å². The number of amides is 2. The van der Waals surface area contributed by atoms with Gasteiger partial charge in [0.1, 0.15) is 6.04 Å². The molecule has 26 heavy (non-hydrogen) atoms. The number of hydrogen-bond donors (Lipinski definition) is 3. The highest BCUT2D eigenvalue weighted by Gasteiger charge is 2.20. The Morgan fingerprint density at radius 1 is 1.12 bits per heavy atom. The molecule has 1 unspecified atom stereocenters. The Morgan fingerprint density at radius 3 is 2.54 bits per heavy atom. The molecule has 0 saturated heterocycles. The van der Waals surface area contributed by atoms with Gasteiger partial charge < -0.3 is 15.7 Å². The maximum atomic E-state index is 12.3. The second-order valence-corrected chi connectivity index (χ2v) is 5.78. The van der Waals surface area contributed by atoms with Gasteiger partial charge in [0.25, 0.3) is 11.8 Å². The molecule has 1 heterocycles. The van der Waals surface area contributed by atoms with Crippen LogP contribution in [0.2, 0.25) is 0 Å². The molecule has 2 rings (SSSR count). The monoisotopic (exact) mass is 355 g/mol. The first kappa shape index (κ1) is 19.1. The standard InChI is InChI=1S/C19H21N3O4/c1-2-3-9-16(19(25)26)22-17(23)13-6-4-8-15(11-13)21-18(24)14-7-5-10-20-12-14/h4-8,10-12,16H,2-3,9H2,1H3,(H,21,24)(H,22,23)(H,25,26). The van der Waals surface area contributed by atoms with Crippen molar-refractivity contribution in [1.82, 2.24) is 10.3 Å². The van der Waals surface area contributed by atoms with Crippen LogP contribution in [0.15, 0.2) is 48.8 Å². The van der Waals surface area contributed by atoms with Crippen molar-refractivity contribution in [2.45, 2.75) is 32.2 Å². The second kappa shape index (κ2) is 9.31. The van der Waals surface area contributed by atoms with Crippen LogP contribution < -0.4 is 10.6 Å². The quantitative estimate of drug-likeness (QED) is 0.675. The lowest BCUT2D eigenvalue weighted by molar-refractivity contribution is -0.139. The van der Waals surface area contributed by atoms with E-state index in [1.165, 1.54) is 12.3 Å². The summed E-state index contributed by atoms with van der Waals surface area (Å²) in [5.41, 5.74) is 1.11. The average Bonchev–Trinajstić information content (AvgIpc) is 2.65. The normalized spacial score (nSPS) is 11.4. The van der Waals surface area contributed by atoms with Crippen molar-refractivity contribution in [2.24, 2.45) is 0 Å². The Kier molecular flexibility index (Phi) is 6.84. The van der Waals surface area contributed by atoms with Gasteiger partial charge in [-0.1, -0.05) is 25.8 Å². The zero-order valence-electron chi connectivity index (χ0n) is 14.4. The summed E-state index contributed by atoms with van der Waals surface area (Å²) >= 11 is 0. The van der Waals surface area contributed by atoms with Crippen molar-refractivity contribution < 1.29 is 19.5 Å². The summed E-state index contributed by atoms with van der Waals surface area (Å²) in [7, 11) is 0. The third-order valence-electron chi connectivity index (χ3n) is 3.76. The molecular formula is C19H21N3O4. The van der Waals surface area contributed by atoms with E-state index in [-0.39, 0.29) is 11.5 Å². The lowest BCUT2D eigenvalue weighted by Gasteiger charge is -2.14. The molecule has 0 spiro atoms. The van der Waals surface area contributed by atoms with Crippen LogP contribution in [0.1, 0.15) is 46.9 Å². The minimum atomic E-state index is -1.06. The summed E-state index contributed by atoms with van der Waals surface area (Å²) in [6.07, 6.45) is 4.93. The molecule has 0 aliphatic carbocycles. The van der Waals surface area contributed by atoms with Crippen molar-refractivity contribution in [3.05, 3.63) is 59.9 Å². The van der Waals surface area contributed by atoms with Crippen LogP contribution >= 0.6 is 0 Å². The van der Waals surface area contributed by atoms with Crippen molar-refractivity contribution in [1.29, 1.82) is 0 Å². The number of carbonyl (C=O) groups excluding carboxylic acids is 2. The minimum Gasteiger partial charge on any atom is -0.480 e. The molecule has 1 aromatic heterocycles. The number of unbranched alkanes of at least 4 members (excludes halogenated alkanes) is 1. The van der Waals surface area contributed by atoms with Crippen LogP contribution in [0.3, 0.4) is 0 Å². The fraction of sp³-hybridized carbons (Fsp3) is 0.263. The molecule has 0 fully saturated rings. The first-order chi connectivity index (χ1) is 12.5. The smallest absolute Gasteiger partial charge is 0.326 e. The molecule has 7 heteroatoms. The maximum Gasteiger partial charge on any atom is 0.326 e. The number of rotatable bonds is 8. The molecule has 2 amide bonds. The number of nitrogens with zero attached hydrogens (tertiary/aromatic N) is 1. The predicted molar refractivity (Wildman–Crippen MR) is 97.0 cm³/mol. The lowest BCUT2D eigenvalue weighted by atomic mass is 10.1. The fourth-order valence-corrected chi connectivity index (χ4v) is 2.35. The summed E-state index contributed by atoms with van der Waals surface area (Å²) in [6.45, 7) is 1.95. The van der Waals surface area contributed by atoms with E-state index in [0.29, 0.717) is 24.1 Å². The topological polar surface area (TPSA) is 108 Å². The van der Waals surface area contributed by atoms with E-state index in [1.807, 2.05) is 6.92 Å². The summed E-state index contributed by atoms with van der Waals surface area (Å²) in [5, 5.41) is 14.4. The van der Waals surface area contributed by atoms with Crippen molar-refractivity contribution in [2.75, 3.05) is 5.32 Å². The largest absolute Gasteiger partial charge is 0.480 e. The van der Waals surface area contributed by atoms with Crippen LogP contribution in [0, 0.1) is 0 Å². The molecule has 0 aliphatic rings. The van der Waals surface area contributed by atoms with Crippen LogP contribution in [-0.2, 0) is 4.79 Å². The number of aromatic nitrogens is 1. The highest BCUT2D eigenvalue weighted by molar-refractivity contribution is 6.05. The molecule has 3 N–H and O–H groups in total. The number of aliphatic carboxylic acids is 1. The fourth-order valence-electron chi connectivity index (χ4n) is 2.35. The summed E-state index contributed by atoms with van der Waals surface area (Å²) < 4.78 is 0. The Bertz CT molecular complexity index is 777. The number of benzene rings is 1. The van der Waals surface area contributed by atoms with Crippen LogP contribution in [0.5, 0.6) is 0 Å². The van der Waals surface area contributed by atoms with Crippen LogP contribution in [0.25, 0.3) is 0 Å². The van der Waals surface area contributed by atoms with Gasteiger partial charge in [0.2, 0.25) is 0 Å². The Morgan fingerprint density at radius 2 is 1.88 bits per heavy atom. The van der Waals surface area contributed by atoms with E-state index in [9.17, 15) is 19.5 Å². The third kappa shape index (κ3) is 5.41. The molecule has 0 saturated carbocycles. The second-order valence-electron chi connectivity index (χ2n) is 5.78. The number of carbonyl (C=O) groups is 3. The van der Waals surface area contributed by atoms with Gasteiger partial charge in [-0.05, 0) is 36.8 Å². The van der Waals surface area contributed by atoms with Gasteiger partial charge in [0.05, 0.1) is 5.56 Å². The third-order valence-corrected chi connectivity index (χ3v) is 3.76. The van der Waals surface area contributed by atoms with E-state index in [0.717, 1.165) is 6.42 Å². The molecule has 2 aromatic rings. The van der Waals surface area contributed by atoms with Gasteiger partial charge >= 0.3 is 5.97 Å². The van der Waals surface area contributed by atoms with Gasteiger partial charge in [0, 0.05) is 23.6 Å². The highest BCUT2D eigenvalue weighted by atomic mass is 16.4. The van der Waals surface area contributed by atoms with E-state index in [4.69, 9.17) is 0 Å². The van der Waals surface area contributed by atoms with Gasteiger partial charge in [-0.15, -0.1) is 0 Å². The van der Waals surface area contributed by atoms with E-state index in [1.54, 1.807) is 36.5 Å². The zero-order valence-corrected chi connectivity index (χ0v) is 14.4. The molecule has 1 atom stereocenters. The number of carboxylic acid groups (broad SMARTS) is 1. The molecule has 136 valence electrons. The Labute approximate surface area is 151 Å². The predicted octanol–water partition coefficient (Wildman–Crippen LogP) is 2.71. The van der Waals surface area contributed by atoms with Crippen molar-refractivity contribution in [3.8, 4) is 0 Å². The number of anilines is 1. The van der Waals surface area contributed by atoms with E-state index >= 15 is 0 Å². The number of nitrogens with one attached hydrogen (secondary N) is 2. The molecule has 0 radical (unpaired) electrons. The first-order valence-corrected chi connectivity index (χ1v) is 8.36.